The third-order valence-electron chi connectivity index (χ3n) is 5.62. The first-order valence-electron chi connectivity index (χ1n) is 10.8. The maximum Gasteiger partial charge on any atom is 0.259 e. The summed E-state index contributed by atoms with van der Waals surface area (Å²) in [4.78, 5) is 19.6. The fourth-order valence-corrected chi connectivity index (χ4v) is 4.03. The van der Waals surface area contributed by atoms with Crippen LogP contribution in [-0.2, 0) is 6.54 Å². The molecule has 0 aliphatic carbocycles. The molecule has 0 aliphatic rings. The number of amides is 1. The van der Waals surface area contributed by atoms with Crippen molar-refractivity contribution in [2.24, 2.45) is 0 Å². The van der Waals surface area contributed by atoms with Crippen LogP contribution in [-0.4, -0.2) is 42.2 Å². The zero-order chi connectivity index (χ0) is 22.9. The highest BCUT2D eigenvalue weighted by molar-refractivity contribution is 5.99. The first-order valence-corrected chi connectivity index (χ1v) is 10.8. The Balaban J connectivity index is 1.51. The summed E-state index contributed by atoms with van der Waals surface area (Å²) in [7, 11) is 1.79. The third kappa shape index (κ3) is 3.89. The Hall–Kier alpha value is -4.26. The van der Waals surface area contributed by atoms with Gasteiger partial charge in [0.15, 0.2) is 5.65 Å². The van der Waals surface area contributed by atoms with E-state index in [1.54, 1.807) is 22.7 Å². The molecule has 0 atom stereocenters. The summed E-state index contributed by atoms with van der Waals surface area (Å²) in [6.45, 7) is 4.27. The Kier molecular flexibility index (Phi) is 5.22. The number of fused-ring (bicyclic) bond motifs is 1. The summed E-state index contributed by atoms with van der Waals surface area (Å²) < 4.78 is 3.57. The van der Waals surface area contributed by atoms with Crippen molar-refractivity contribution < 1.29 is 4.79 Å². The van der Waals surface area contributed by atoms with Gasteiger partial charge in [0, 0.05) is 42.3 Å². The van der Waals surface area contributed by atoms with Gasteiger partial charge < -0.3 is 4.90 Å². The zero-order valence-electron chi connectivity index (χ0n) is 18.8. The Morgan fingerprint density at radius 3 is 2.42 bits per heavy atom. The van der Waals surface area contributed by atoms with Crippen molar-refractivity contribution in [2.75, 3.05) is 7.05 Å². The average Bonchev–Trinajstić information content (AvgIpc) is 3.44. The van der Waals surface area contributed by atoms with Crippen molar-refractivity contribution in [1.29, 1.82) is 0 Å². The number of aryl methyl sites for hydroxylation is 2. The fourth-order valence-electron chi connectivity index (χ4n) is 4.03. The monoisotopic (exact) mass is 436 g/mol. The molecule has 3 heterocycles. The molecule has 0 saturated carbocycles. The zero-order valence-corrected chi connectivity index (χ0v) is 18.8. The molecular weight excluding hydrogens is 412 g/mol. The second-order valence-electron chi connectivity index (χ2n) is 8.14. The highest BCUT2D eigenvalue weighted by Crippen LogP contribution is 2.25. The molecule has 5 rings (SSSR count). The summed E-state index contributed by atoms with van der Waals surface area (Å²) in [5.74, 6) is -0.131. The predicted molar refractivity (Wildman–Crippen MR) is 127 cm³/mol. The summed E-state index contributed by atoms with van der Waals surface area (Å²) in [5.41, 5.74) is 6.64. The average molecular weight is 437 g/mol. The Labute approximate surface area is 191 Å². The van der Waals surface area contributed by atoms with Crippen LogP contribution in [0.15, 0.2) is 79.1 Å². The van der Waals surface area contributed by atoms with Crippen LogP contribution in [0.5, 0.6) is 0 Å². The van der Waals surface area contributed by atoms with Crippen LogP contribution in [0.1, 0.15) is 27.3 Å². The molecule has 3 aromatic heterocycles. The minimum absolute atomic E-state index is 0.131. The molecule has 5 aromatic rings. The molecule has 0 unspecified atom stereocenters. The fraction of sp³-hybridized carbons (Fsp3) is 0.154. The SMILES string of the molecule is Cc1cc(C)n2ncc(C(=O)N(C)Cc3cn(-c4ccccc4)nc3-c3ccccc3)c2n1. The van der Waals surface area contributed by atoms with Crippen molar-refractivity contribution in [1.82, 2.24) is 29.3 Å². The van der Waals surface area contributed by atoms with Gasteiger partial charge in [0.2, 0.25) is 0 Å². The van der Waals surface area contributed by atoms with E-state index in [0.29, 0.717) is 17.8 Å². The lowest BCUT2D eigenvalue weighted by Crippen LogP contribution is -2.26. The van der Waals surface area contributed by atoms with Gasteiger partial charge in [-0.2, -0.15) is 10.2 Å². The second kappa shape index (κ2) is 8.35. The first-order chi connectivity index (χ1) is 16.0. The van der Waals surface area contributed by atoms with Crippen molar-refractivity contribution in [3.63, 3.8) is 0 Å². The lowest BCUT2D eigenvalue weighted by molar-refractivity contribution is 0.0787. The van der Waals surface area contributed by atoms with Crippen LogP contribution in [0.2, 0.25) is 0 Å². The van der Waals surface area contributed by atoms with Gasteiger partial charge in [-0.3, -0.25) is 4.79 Å². The van der Waals surface area contributed by atoms with Gasteiger partial charge in [-0.1, -0.05) is 48.5 Å². The van der Waals surface area contributed by atoms with Crippen molar-refractivity contribution in [3.8, 4) is 16.9 Å². The van der Waals surface area contributed by atoms with Crippen LogP contribution in [0.3, 0.4) is 0 Å². The standard InChI is InChI=1S/C26H24N6O/c1-18-14-19(2)32-25(28-18)23(15-27-32)26(33)30(3)16-21-17-31(22-12-8-5-9-13-22)29-24(21)20-10-6-4-7-11-20/h4-15,17H,16H2,1-3H3. The number of hydrogen-bond acceptors (Lipinski definition) is 4. The number of benzene rings is 2. The van der Waals surface area contributed by atoms with Crippen molar-refractivity contribution in [3.05, 3.63) is 102 Å². The van der Waals surface area contributed by atoms with Crippen LogP contribution in [0.4, 0.5) is 0 Å². The number of aromatic nitrogens is 5. The van der Waals surface area contributed by atoms with E-state index >= 15 is 0 Å². The molecule has 2 aromatic carbocycles. The van der Waals surface area contributed by atoms with Gasteiger partial charge in [0.25, 0.3) is 5.91 Å². The van der Waals surface area contributed by atoms with Gasteiger partial charge >= 0.3 is 0 Å². The highest BCUT2D eigenvalue weighted by Gasteiger charge is 2.21. The molecular formula is C26H24N6O. The Morgan fingerprint density at radius 2 is 1.70 bits per heavy atom. The molecule has 0 spiro atoms. The van der Waals surface area contributed by atoms with Crippen LogP contribution < -0.4 is 0 Å². The summed E-state index contributed by atoms with van der Waals surface area (Å²) >= 11 is 0. The number of hydrogen-bond donors (Lipinski definition) is 0. The normalized spacial score (nSPS) is 11.1. The molecule has 164 valence electrons. The van der Waals surface area contributed by atoms with Gasteiger partial charge in [0.05, 0.1) is 17.6 Å². The van der Waals surface area contributed by atoms with E-state index in [0.717, 1.165) is 33.9 Å². The van der Waals surface area contributed by atoms with Gasteiger partial charge in [-0.25, -0.2) is 14.2 Å². The van der Waals surface area contributed by atoms with E-state index in [2.05, 4.69) is 10.1 Å². The van der Waals surface area contributed by atoms with E-state index in [-0.39, 0.29) is 5.91 Å². The van der Waals surface area contributed by atoms with Crippen molar-refractivity contribution >= 4 is 11.6 Å². The third-order valence-corrected chi connectivity index (χ3v) is 5.62. The van der Waals surface area contributed by atoms with Gasteiger partial charge in [0.1, 0.15) is 5.56 Å². The van der Waals surface area contributed by atoms with Crippen LogP contribution in [0, 0.1) is 13.8 Å². The van der Waals surface area contributed by atoms with E-state index in [9.17, 15) is 4.79 Å². The quantitative estimate of drug-likeness (QED) is 0.408. The number of para-hydroxylation sites is 1. The van der Waals surface area contributed by atoms with E-state index in [1.807, 2.05) is 91.5 Å². The molecule has 1 amide bonds. The van der Waals surface area contributed by atoms with Crippen LogP contribution in [0.25, 0.3) is 22.6 Å². The predicted octanol–water partition coefficient (Wildman–Crippen LogP) is 4.47. The summed E-state index contributed by atoms with van der Waals surface area (Å²) in [6.07, 6.45) is 3.59. The Morgan fingerprint density at radius 1 is 1.00 bits per heavy atom. The minimum Gasteiger partial charge on any atom is -0.337 e. The second-order valence-corrected chi connectivity index (χ2v) is 8.14. The van der Waals surface area contributed by atoms with Crippen LogP contribution >= 0.6 is 0 Å². The molecule has 7 heteroatoms. The topological polar surface area (TPSA) is 68.3 Å². The van der Waals surface area contributed by atoms with Crippen molar-refractivity contribution in [2.45, 2.75) is 20.4 Å². The smallest absolute Gasteiger partial charge is 0.259 e. The molecule has 33 heavy (non-hydrogen) atoms. The first kappa shape index (κ1) is 20.6. The molecule has 0 saturated heterocycles. The summed E-state index contributed by atoms with van der Waals surface area (Å²) in [6, 6.07) is 21.9. The molecule has 0 radical (unpaired) electrons. The van der Waals surface area contributed by atoms with E-state index in [1.165, 1.54) is 0 Å². The number of carbonyl (C=O) groups excluding carboxylic acids is 1. The number of rotatable bonds is 5. The Bertz CT molecular complexity index is 1440. The van der Waals surface area contributed by atoms with Gasteiger partial charge in [-0.05, 0) is 32.0 Å². The molecule has 0 aliphatic heterocycles. The maximum absolute atomic E-state index is 13.4. The lowest BCUT2D eigenvalue weighted by Gasteiger charge is -2.16. The molecule has 7 nitrogen and oxygen atoms in total. The largest absolute Gasteiger partial charge is 0.337 e. The summed E-state index contributed by atoms with van der Waals surface area (Å²) in [5, 5.41) is 9.22. The van der Waals surface area contributed by atoms with E-state index < -0.39 is 0 Å². The lowest BCUT2D eigenvalue weighted by atomic mass is 10.1. The molecule has 0 N–H and O–H groups in total. The molecule has 0 bridgehead atoms. The maximum atomic E-state index is 13.4. The number of carbonyl (C=O) groups is 1. The molecule has 0 fully saturated rings. The van der Waals surface area contributed by atoms with E-state index in [4.69, 9.17) is 5.10 Å². The highest BCUT2D eigenvalue weighted by atomic mass is 16.2. The minimum atomic E-state index is -0.131. The van der Waals surface area contributed by atoms with Gasteiger partial charge in [-0.15, -0.1) is 0 Å². The number of nitrogens with zero attached hydrogens (tertiary/aromatic N) is 6.